The summed E-state index contributed by atoms with van der Waals surface area (Å²) in [5, 5.41) is 18.9. The van der Waals surface area contributed by atoms with Crippen LogP contribution in [0.3, 0.4) is 0 Å². The number of fused-ring (bicyclic) bond motifs is 1. The number of hydrogen-bond acceptors (Lipinski definition) is 3. The van der Waals surface area contributed by atoms with E-state index in [1.54, 1.807) is 0 Å². The van der Waals surface area contributed by atoms with Crippen LogP contribution in [0.15, 0.2) is 30.5 Å². The summed E-state index contributed by atoms with van der Waals surface area (Å²) in [7, 11) is 0. The molecule has 4 saturated carbocycles. The Hall–Kier alpha value is -3.01. The Morgan fingerprint density at radius 2 is 1.81 bits per heavy atom. The minimum absolute atomic E-state index is 0.110. The number of urea groups is 1. The van der Waals surface area contributed by atoms with Crippen LogP contribution in [0.2, 0.25) is 0 Å². The van der Waals surface area contributed by atoms with E-state index in [9.17, 15) is 9.59 Å². The van der Waals surface area contributed by atoms with Crippen LogP contribution in [-0.4, -0.2) is 35.0 Å². The van der Waals surface area contributed by atoms with E-state index in [1.807, 2.05) is 36.5 Å². The third kappa shape index (κ3) is 4.19. The maximum absolute atomic E-state index is 13.1. The summed E-state index contributed by atoms with van der Waals surface area (Å²) in [5.41, 5.74) is 1.88. The highest BCUT2D eigenvalue weighted by molar-refractivity contribution is 5.89. The van der Waals surface area contributed by atoms with Crippen LogP contribution in [0.1, 0.15) is 50.5 Å². The summed E-state index contributed by atoms with van der Waals surface area (Å²) < 4.78 is 0. The summed E-state index contributed by atoms with van der Waals surface area (Å²) in [6.45, 7) is 0.276. The maximum Gasteiger partial charge on any atom is 0.315 e. The van der Waals surface area contributed by atoms with Gasteiger partial charge in [-0.2, -0.15) is 5.26 Å². The van der Waals surface area contributed by atoms with Crippen molar-refractivity contribution in [2.24, 2.45) is 17.8 Å². The number of aromatic nitrogens is 1. The van der Waals surface area contributed by atoms with E-state index < -0.39 is 6.04 Å². The molecule has 4 fully saturated rings. The summed E-state index contributed by atoms with van der Waals surface area (Å²) in [6.07, 6.45) is 9.66. The second-order valence-electron chi connectivity index (χ2n) is 10.1. The Bertz CT molecular complexity index is 1020. The van der Waals surface area contributed by atoms with Crippen molar-refractivity contribution >= 4 is 22.8 Å². The fourth-order valence-corrected chi connectivity index (χ4v) is 6.79. The van der Waals surface area contributed by atoms with E-state index in [-0.39, 0.29) is 30.4 Å². The Morgan fingerprint density at radius 3 is 2.50 bits per heavy atom. The minimum atomic E-state index is -0.707. The van der Waals surface area contributed by atoms with Gasteiger partial charge in [0.05, 0.1) is 12.5 Å². The number of nitrogens with one attached hydrogen (secondary N) is 4. The Balaban J connectivity index is 1.29. The van der Waals surface area contributed by atoms with Gasteiger partial charge in [0.1, 0.15) is 6.04 Å². The zero-order valence-electron chi connectivity index (χ0n) is 18.3. The summed E-state index contributed by atoms with van der Waals surface area (Å²) >= 11 is 0. The van der Waals surface area contributed by atoms with Gasteiger partial charge in [-0.1, -0.05) is 18.2 Å². The first-order valence-corrected chi connectivity index (χ1v) is 11.8. The molecule has 1 aromatic carbocycles. The van der Waals surface area contributed by atoms with E-state index in [4.69, 9.17) is 5.26 Å². The van der Waals surface area contributed by atoms with Crippen LogP contribution in [0.5, 0.6) is 0 Å². The quantitative estimate of drug-likeness (QED) is 0.503. The zero-order chi connectivity index (χ0) is 22.1. The molecule has 4 aliphatic rings. The van der Waals surface area contributed by atoms with Gasteiger partial charge in [0, 0.05) is 35.6 Å². The molecule has 0 saturated heterocycles. The van der Waals surface area contributed by atoms with E-state index >= 15 is 0 Å². The molecule has 4 N–H and O–H groups in total. The normalized spacial score (nSPS) is 28.8. The molecule has 6 rings (SSSR count). The van der Waals surface area contributed by atoms with E-state index in [1.165, 1.54) is 19.3 Å². The average molecular weight is 434 g/mol. The third-order valence-corrected chi connectivity index (χ3v) is 7.67. The molecule has 1 atom stereocenters. The first-order valence-electron chi connectivity index (χ1n) is 11.8. The number of rotatable bonds is 7. The Morgan fingerprint density at radius 1 is 1.12 bits per heavy atom. The monoisotopic (exact) mass is 433 g/mol. The molecule has 4 bridgehead atoms. The average Bonchev–Trinajstić information content (AvgIpc) is 3.15. The second-order valence-corrected chi connectivity index (χ2v) is 10.1. The number of carbonyl (C=O) groups excluding carboxylic acids is 2. The van der Waals surface area contributed by atoms with Gasteiger partial charge in [0.2, 0.25) is 5.91 Å². The van der Waals surface area contributed by atoms with E-state index in [2.05, 4.69) is 20.9 Å². The molecule has 0 aliphatic heterocycles. The molecule has 1 unspecified atom stereocenters. The summed E-state index contributed by atoms with van der Waals surface area (Å²) in [6, 6.07) is 9.02. The first kappa shape index (κ1) is 20.9. The smallest absolute Gasteiger partial charge is 0.315 e. The molecule has 1 heterocycles. The van der Waals surface area contributed by atoms with Crippen molar-refractivity contribution in [1.82, 2.24) is 20.9 Å². The number of nitriles is 1. The summed E-state index contributed by atoms with van der Waals surface area (Å²) in [5.74, 6) is 1.94. The SMILES string of the molecule is N#CCCNC(=O)C(Cc1c[nH]c2ccccc12)NC(=O)NC12CC3CC(CC(C3)C1)C2. The molecule has 3 amide bonds. The number of aromatic amines is 1. The first-order chi connectivity index (χ1) is 15.5. The maximum atomic E-state index is 13.1. The topological polar surface area (TPSA) is 110 Å². The lowest BCUT2D eigenvalue weighted by Gasteiger charge is -2.56. The fraction of sp³-hybridized carbons (Fsp3) is 0.560. The standard InChI is InChI=1S/C25H31N5O2/c26-6-3-7-27-23(31)22(11-19-15-28-21-5-2-1-4-20(19)21)29-24(32)30-25-12-16-8-17(13-25)10-18(9-16)14-25/h1-2,4-5,15-18,22,28H,3,7-14H2,(H,27,31)(H2,29,30,32). The summed E-state index contributed by atoms with van der Waals surface area (Å²) in [4.78, 5) is 29.2. The van der Waals surface area contributed by atoms with Crippen molar-refractivity contribution in [3.63, 3.8) is 0 Å². The molecule has 1 aromatic heterocycles. The molecular formula is C25H31N5O2. The molecule has 0 spiro atoms. The van der Waals surface area contributed by atoms with Gasteiger partial charge < -0.3 is 20.9 Å². The predicted molar refractivity (Wildman–Crippen MR) is 122 cm³/mol. The Labute approximate surface area is 188 Å². The van der Waals surface area contributed by atoms with Crippen LogP contribution in [-0.2, 0) is 11.2 Å². The van der Waals surface area contributed by atoms with Crippen molar-refractivity contribution in [1.29, 1.82) is 5.26 Å². The van der Waals surface area contributed by atoms with Gasteiger partial charge in [-0.05, 0) is 67.9 Å². The van der Waals surface area contributed by atoms with Gasteiger partial charge >= 0.3 is 6.03 Å². The van der Waals surface area contributed by atoms with Crippen LogP contribution in [0, 0.1) is 29.1 Å². The van der Waals surface area contributed by atoms with Crippen molar-refractivity contribution < 1.29 is 9.59 Å². The van der Waals surface area contributed by atoms with E-state index in [0.717, 1.165) is 53.5 Å². The molecule has 168 valence electrons. The largest absolute Gasteiger partial charge is 0.361 e. The number of hydrogen-bond donors (Lipinski definition) is 4. The van der Waals surface area contributed by atoms with Crippen LogP contribution in [0.4, 0.5) is 4.79 Å². The van der Waals surface area contributed by atoms with Gasteiger partial charge in [-0.15, -0.1) is 0 Å². The van der Waals surface area contributed by atoms with Crippen molar-refractivity contribution in [3.8, 4) is 6.07 Å². The number of H-pyrrole nitrogens is 1. The molecule has 4 aliphatic carbocycles. The van der Waals surface area contributed by atoms with Gasteiger partial charge in [0.25, 0.3) is 0 Å². The molecule has 2 aromatic rings. The lowest BCUT2D eigenvalue weighted by molar-refractivity contribution is -0.122. The van der Waals surface area contributed by atoms with Crippen molar-refractivity contribution in [2.75, 3.05) is 6.54 Å². The van der Waals surface area contributed by atoms with E-state index in [0.29, 0.717) is 6.42 Å². The number of nitrogens with zero attached hydrogens (tertiary/aromatic N) is 1. The van der Waals surface area contributed by atoms with Crippen molar-refractivity contribution in [2.45, 2.75) is 62.9 Å². The highest BCUT2D eigenvalue weighted by atomic mass is 16.2. The number of benzene rings is 1. The fourth-order valence-electron chi connectivity index (χ4n) is 6.79. The lowest BCUT2D eigenvalue weighted by Crippen LogP contribution is -2.63. The molecule has 0 radical (unpaired) electrons. The van der Waals surface area contributed by atoms with Gasteiger partial charge in [0.15, 0.2) is 0 Å². The number of para-hydroxylation sites is 1. The van der Waals surface area contributed by atoms with Gasteiger partial charge in [-0.3, -0.25) is 4.79 Å². The number of amides is 3. The highest BCUT2D eigenvalue weighted by Crippen LogP contribution is 2.55. The molecule has 7 heteroatoms. The predicted octanol–water partition coefficient (Wildman–Crippen LogP) is 3.38. The van der Waals surface area contributed by atoms with Crippen LogP contribution < -0.4 is 16.0 Å². The van der Waals surface area contributed by atoms with Crippen LogP contribution >= 0.6 is 0 Å². The molecular weight excluding hydrogens is 402 g/mol. The highest BCUT2D eigenvalue weighted by Gasteiger charge is 2.51. The second kappa shape index (κ2) is 8.50. The Kier molecular flexibility index (Phi) is 5.54. The van der Waals surface area contributed by atoms with Crippen molar-refractivity contribution in [3.05, 3.63) is 36.0 Å². The third-order valence-electron chi connectivity index (χ3n) is 7.67. The van der Waals surface area contributed by atoms with Crippen LogP contribution in [0.25, 0.3) is 10.9 Å². The molecule has 32 heavy (non-hydrogen) atoms. The minimum Gasteiger partial charge on any atom is -0.361 e. The molecule has 7 nitrogen and oxygen atoms in total. The zero-order valence-corrected chi connectivity index (χ0v) is 18.3. The lowest BCUT2D eigenvalue weighted by atomic mass is 9.53. The number of carbonyl (C=O) groups is 2. The van der Waals surface area contributed by atoms with Gasteiger partial charge in [-0.25, -0.2) is 4.79 Å².